The first-order valence-corrected chi connectivity index (χ1v) is 6.88. The van der Waals surface area contributed by atoms with Crippen LogP contribution in [0.3, 0.4) is 0 Å². The van der Waals surface area contributed by atoms with Crippen molar-refractivity contribution in [2.75, 3.05) is 0 Å². The molecular weight excluding hydrogens is 258 g/mol. The summed E-state index contributed by atoms with van der Waals surface area (Å²) < 4.78 is 6.02. The maximum Gasteiger partial charge on any atom is 0.137 e. The Hall–Kier alpha value is -2.87. The van der Waals surface area contributed by atoms with E-state index in [1.54, 1.807) is 6.07 Å². The van der Waals surface area contributed by atoms with Gasteiger partial charge in [-0.15, -0.1) is 0 Å². The molecule has 1 N–H and O–H groups in total. The smallest absolute Gasteiger partial charge is 0.137 e. The molecule has 100 valence electrons. The third-order valence-electron chi connectivity index (χ3n) is 3.71. The van der Waals surface area contributed by atoms with Gasteiger partial charge in [-0.1, -0.05) is 60.7 Å². The molecule has 1 heterocycles. The summed E-state index contributed by atoms with van der Waals surface area (Å²) in [5.74, 6) is 0.725. The van der Waals surface area contributed by atoms with Crippen LogP contribution in [0.5, 0.6) is 0 Å². The van der Waals surface area contributed by atoms with Crippen LogP contribution in [0.15, 0.2) is 77.2 Å². The van der Waals surface area contributed by atoms with Crippen LogP contribution in [0.4, 0.5) is 0 Å². The van der Waals surface area contributed by atoms with Crippen molar-refractivity contribution in [1.29, 1.82) is 5.41 Å². The summed E-state index contributed by atoms with van der Waals surface area (Å²) in [6.07, 6.45) is 0. The second kappa shape index (κ2) is 4.60. The summed E-state index contributed by atoms with van der Waals surface area (Å²) in [7, 11) is 0. The largest absolute Gasteiger partial charge is 0.456 e. The van der Waals surface area contributed by atoms with E-state index in [9.17, 15) is 0 Å². The standard InChI is InChI=1S/C19H13NO/c20-16-12-18(14-7-2-1-3-8-14)21-17-11-10-13-6-4-5-9-15(13)19(16)17/h1-12,20H. The first kappa shape index (κ1) is 11.9. The van der Waals surface area contributed by atoms with Gasteiger partial charge in [0.1, 0.15) is 11.3 Å². The summed E-state index contributed by atoms with van der Waals surface area (Å²) in [5, 5.41) is 11.9. The van der Waals surface area contributed by atoms with Crippen LogP contribution < -0.4 is 5.36 Å². The Morgan fingerprint density at radius 3 is 2.38 bits per heavy atom. The van der Waals surface area contributed by atoms with E-state index in [0.717, 1.165) is 33.1 Å². The number of fused-ring (bicyclic) bond motifs is 3. The van der Waals surface area contributed by atoms with Gasteiger partial charge in [0.15, 0.2) is 0 Å². The lowest BCUT2D eigenvalue weighted by molar-refractivity contribution is 0.618. The molecule has 0 saturated carbocycles. The fourth-order valence-corrected chi connectivity index (χ4v) is 2.71. The molecule has 2 nitrogen and oxygen atoms in total. The number of rotatable bonds is 1. The van der Waals surface area contributed by atoms with Gasteiger partial charge in [0.05, 0.1) is 10.7 Å². The molecule has 0 fully saturated rings. The van der Waals surface area contributed by atoms with Crippen molar-refractivity contribution in [3.63, 3.8) is 0 Å². The SMILES string of the molecule is N=c1cc(-c2ccccc2)oc2ccc3ccccc3c12. The van der Waals surface area contributed by atoms with Gasteiger partial charge in [0.25, 0.3) is 0 Å². The van der Waals surface area contributed by atoms with Gasteiger partial charge in [-0.2, -0.15) is 0 Å². The average Bonchev–Trinajstić information content (AvgIpc) is 2.55. The minimum absolute atomic E-state index is 0.493. The molecule has 1 aromatic heterocycles. The number of hydrogen-bond acceptors (Lipinski definition) is 2. The molecule has 0 aliphatic heterocycles. The van der Waals surface area contributed by atoms with Crippen molar-refractivity contribution in [2.45, 2.75) is 0 Å². The highest BCUT2D eigenvalue weighted by Gasteiger charge is 2.07. The molecule has 4 rings (SSSR count). The predicted octanol–water partition coefficient (Wildman–Crippen LogP) is 4.73. The van der Waals surface area contributed by atoms with Crippen molar-refractivity contribution in [2.24, 2.45) is 0 Å². The van der Waals surface area contributed by atoms with Gasteiger partial charge in [-0.25, -0.2) is 0 Å². The molecule has 3 aromatic carbocycles. The molecule has 0 unspecified atom stereocenters. The van der Waals surface area contributed by atoms with Crippen LogP contribution in [-0.4, -0.2) is 0 Å². The van der Waals surface area contributed by atoms with E-state index in [4.69, 9.17) is 9.83 Å². The fraction of sp³-hybridized carbons (Fsp3) is 0. The Morgan fingerprint density at radius 2 is 1.52 bits per heavy atom. The van der Waals surface area contributed by atoms with E-state index in [0.29, 0.717) is 5.36 Å². The van der Waals surface area contributed by atoms with E-state index < -0.39 is 0 Å². The van der Waals surface area contributed by atoms with Crippen LogP contribution in [0, 0.1) is 5.41 Å². The molecule has 21 heavy (non-hydrogen) atoms. The monoisotopic (exact) mass is 271 g/mol. The lowest BCUT2D eigenvalue weighted by Gasteiger charge is -2.06. The van der Waals surface area contributed by atoms with Gasteiger partial charge in [0, 0.05) is 11.6 Å². The molecule has 2 heteroatoms. The average molecular weight is 271 g/mol. The summed E-state index contributed by atoms with van der Waals surface area (Å²) in [4.78, 5) is 0. The van der Waals surface area contributed by atoms with Crippen molar-refractivity contribution < 1.29 is 4.42 Å². The quantitative estimate of drug-likeness (QED) is 0.499. The topological polar surface area (TPSA) is 37.0 Å². The molecule has 0 aliphatic carbocycles. The molecule has 4 aromatic rings. The number of nitrogens with one attached hydrogen (secondary N) is 1. The Kier molecular flexibility index (Phi) is 2.61. The van der Waals surface area contributed by atoms with Crippen molar-refractivity contribution in [3.8, 4) is 11.3 Å². The first-order chi connectivity index (χ1) is 10.3. The van der Waals surface area contributed by atoms with Crippen LogP contribution in [-0.2, 0) is 0 Å². The molecule has 0 aliphatic rings. The summed E-state index contributed by atoms with van der Waals surface area (Å²) in [6, 6.07) is 23.8. The van der Waals surface area contributed by atoms with Gasteiger partial charge in [0.2, 0.25) is 0 Å². The maximum absolute atomic E-state index is 8.38. The van der Waals surface area contributed by atoms with Gasteiger partial charge in [-0.05, 0) is 16.8 Å². The first-order valence-electron chi connectivity index (χ1n) is 6.88. The minimum atomic E-state index is 0.493. The third-order valence-corrected chi connectivity index (χ3v) is 3.71. The van der Waals surface area contributed by atoms with Gasteiger partial charge in [-0.3, -0.25) is 5.41 Å². The molecule has 0 bridgehead atoms. The third kappa shape index (κ3) is 1.93. The molecule has 0 atom stereocenters. The minimum Gasteiger partial charge on any atom is -0.456 e. The highest BCUT2D eigenvalue weighted by molar-refractivity contribution is 6.05. The van der Waals surface area contributed by atoms with E-state index >= 15 is 0 Å². The van der Waals surface area contributed by atoms with Gasteiger partial charge >= 0.3 is 0 Å². The zero-order chi connectivity index (χ0) is 14.2. The number of benzene rings is 3. The van der Waals surface area contributed by atoms with E-state index in [1.807, 2.05) is 60.7 Å². The van der Waals surface area contributed by atoms with E-state index in [-0.39, 0.29) is 0 Å². The Balaban J connectivity index is 2.09. The van der Waals surface area contributed by atoms with Crippen LogP contribution >= 0.6 is 0 Å². The highest BCUT2D eigenvalue weighted by Crippen LogP contribution is 2.26. The van der Waals surface area contributed by atoms with E-state index in [1.165, 1.54) is 0 Å². The Bertz CT molecular complexity index is 1000. The van der Waals surface area contributed by atoms with Crippen LogP contribution in [0.25, 0.3) is 33.1 Å². The molecular formula is C19H13NO. The summed E-state index contributed by atoms with van der Waals surface area (Å²) in [5.41, 5.74) is 1.74. The normalized spacial score (nSPS) is 11.0. The van der Waals surface area contributed by atoms with Gasteiger partial charge < -0.3 is 4.42 Å². The lowest BCUT2D eigenvalue weighted by atomic mass is 10.0. The summed E-state index contributed by atoms with van der Waals surface area (Å²) >= 11 is 0. The summed E-state index contributed by atoms with van der Waals surface area (Å²) in [6.45, 7) is 0. The molecule has 0 radical (unpaired) electrons. The van der Waals surface area contributed by atoms with Crippen molar-refractivity contribution in [3.05, 3.63) is 78.2 Å². The molecule has 0 amide bonds. The van der Waals surface area contributed by atoms with Crippen LogP contribution in [0.2, 0.25) is 0 Å². The van der Waals surface area contributed by atoms with Crippen molar-refractivity contribution in [1.82, 2.24) is 0 Å². The highest BCUT2D eigenvalue weighted by atomic mass is 16.3. The lowest BCUT2D eigenvalue weighted by Crippen LogP contribution is -2.01. The Labute approximate surface area is 121 Å². The van der Waals surface area contributed by atoms with Crippen molar-refractivity contribution >= 4 is 21.7 Å². The maximum atomic E-state index is 8.38. The zero-order valence-electron chi connectivity index (χ0n) is 11.3. The molecule has 0 spiro atoms. The van der Waals surface area contributed by atoms with Crippen LogP contribution in [0.1, 0.15) is 0 Å². The Morgan fingerprint density at radius 1 is 0.762 bits per heavy atom. The number of hydrogen-bond donors (Lipinski definition) is 1. The zero-order valence-corrected chi connectivity index (χ0v) is 11.3. The second-order valence-electron chi connectivity index (χ2n) is 5.05. The predicted molar refractivity (Wildman–Crippen MR) is 85.0 cm³/mol. The fourth-order valence-electron chi connectivity index (χ4n) is 2.71. The molecule has 0 saturated heterocycles. The second-order valence-corrected chi connectivity index (χ2v) is 5.05. The van der Waals surface area contributed by atoms with E-state index in [2.05, 4.69) is 6.07 Å².